The summed E-state index contributed by atoms with van der Waals surface area (Å²) in [5.74, 6) is 1.96. The van der Waals surface area contributed by atoms with Gasteiger partial charge in [-0.2, -0.15) is 9.97 Å². The van der Waals surface area contributed by atoms with Crippen molar-refractivity contribution in [1.29, 1.82) is 0 Å². The Morgan fingerprint density at radius 2 is 1.74 bits per heavy atom. The van der Waals surface area contributed by atoms with Gasteiger partial charge in [-0.1, -0.05) is 13.8 Å². The van der Waals surface area contributed by atoms with Crippen molar-refractivity contribution in [2.45, 2.75) is 33.1 Å². The summed E-state index contributed by atoms with van der Waals surface area (Å²) in [7, 11) is 0. The van der Waals surface area contributed by atoms with Crippen molar-refractivity contribution in [3.8, 4) is 0 Å². The fourth-order valence-corrected chi connectivity index (χ4v) is 3.74. The molecule has 0 saturated carbocycles. The van der Waals surface area contributed by atoms with Crippen LogP contribution in [0.15, 0.2) is 0 Å². The molecule has 2 N–H and O–H groups in total. The quantitative estimate of drug-likeness (QED) is 0.671. The highest BCUT2D eigenvalue weighted by molar-refractivity contribution is 5.71. The van der Waals surface area contributed by atoms with Crippen LogP contribution in [0.2, 0.25) is 0 Å². The summed E-state index contributed by atoms with van der Waals surface area (Å²) in [4.78, 5) is 23.8. The summed E-state index contributed by atoms with van der Waals surface area (Å²) >= 11 is 0. The number of aromatic nitrogens is 2. The van der Waals surface area contributed by atoms with E-state index >= 15 is 0 Å². The Labute approximate surface area is 135 Å². The molecular formula is C15H24N6O2. The Hall–Kier alpha value is -2.12. The van der Waals surface area contributed by atoms with Crippen molar-refractivity contribution >= 4 is 23.3 Å². The Bertz CT molecular complexity index is 592. The minimum absolute atomic E-state index is 0.0345. The van der Waals surface area contributed by atoms with Crippen LogP contribution in [0.3, 0.4) is 0 Å². The van der Waals surface area contributed by atoms with E-state index in [9.17, 15) is 10.1 Å². The number of rotatable bonds is 3. The normalized spacial score (nSPS) is 25.0. The molecule has 0 aromatic carbocycles. The van der Waals surface area contributed by atoms with Gasteiger partial charge in [-0.25, -0.2) is 0 Å². The average molecular weight is 320 g/mol. The first kappa shape index (κ1) is 15.8. The van der Waals surface area contributed by atoms with Gasteiger partial charge in [-0.15, -0.1) is 0 Å². The number of nitrogens with zero attached hydrogens (tertiary/aromatic N) is 5. The molecule has 2 unspecified atom stereocenters. The number of nitrogens with two attached hydrogens (primary N) is 1. The monoisotopic (exact) mass is 320 g/mol. The van der Waals surface area contributed by atoms with E-state index in [0.29, 0.717) is 23.6 Å². The van der Waals surface area contributed by atoms with Gasteiger partial charge in [0.15, 0.2) is 0 Å². The Morgan fingerprint density at radius 3 is 2.30 bits per heavy atom. The van der Waals surface area contributed by atoms with Crippen LogP contribution in [0.1, 0.15) is 33.1 Å². The molecule has 2 aliphatic rings. The van der Waals surface area contributed by atoms with Gasteiger partial charge < -0.3 is 15.5 Å². The lowest BCUT2D eigenvalue weighted by Gasteiger charge is -2.35. The molecule has 2 fully saturated rings. The maximum atomic E-state index is 11.4. The van der Waals surface area contributed by atoms with Crippen molar-refractivity contribution in [3.05, 3.63) is 10.1 Å². The Kier molecular flexibility index (Phi) is 4.23. The zero-order chi connectivity index (χ0) is 16.6. The van der Waals surface area contributed by atoms with Gasteiger partial charge in [0.25, 0.3) is 0 Å². The molecule has 126 valence electrons. The van der Waals surface area contributed by atoms with Crippen molar-refractivity contribution in [2.24, 2.45) is 11.8 Å². The first-order valence-corrected chi connectivity index (χ1v) is 8.27. The lowest BCUT2D eigenvalue weighted by atomic mass is 9.92. The van der Waals surface area contributed by atoms with Crippen molar-refractivity contribution in [1.82, 2.24) is 9.97 Å². The van der Waals surface area contributed by atoms with Crippen LogP contribution in [-0.2, 0) is 0 Å². The summed E-state index contributed by atoms with van der Waals surface area (Å²) in [5.41, 5.74) is 5.76. The second-order valence-corrected chi connectivity index (χ2v) is 6.88. The third kappa shape index (κ3) is 3.16. The predicted octanol–water partition coefficient (Wildman–Crippen LogP) is 2.05. The van der Waals surface area contributed by atoms with Crippen LogP contribution >= 0.6 is 0 Å². The number of nitrogen functional groups attached to an aromatic ring is 1. The summed E-state index contributed by atoms with van der Waals surface area (Å²) in [6, 6.07) is 0. The van der Waals surface area contributed by atoms with E-state index in [1.165, 1.54) is 6.42 Å². The number of piperidine rings is 1. The van der Waals surface area contributed by atoms with Crippen LogP contribution in [0, 0.1) is 22.0 Å². The summed E-state index contributed by atoms with van der Waals surface area (Å²) in [5, 5.41) is 11.4. The number of hydrogen-bond acceptors (Lipinski definition) is 7. The zero-order valence-electron chi connectivity index (χ0n) is 13.7. The fraction of sp³-hybridized carbons (Fsp3) is 0.733. The first-order valence-electron chi connectivity index (χ1n) is 8.27. The molecule has 23 heavy (non-hydrogen) atoms. The van der Waals surface area contributed by atoms with Gasteiger partial charge >= 0.3 is 5.69 Å². The SMILES string of the molecule is CC1CC(C)CN(c2nc(N)c([N+](=O)[O-])c(N3CCCC3)n2)C1. The minimum Gasteiger partial charge on any atom is -0.378 e. The zero-order valence-corrected chi connectivity index (χ0v) is 13.7. The van der Waals surface area contributed by atoms with Gasteiger partial charge in [-0.3, -0.25) is 10.1 Å². The van der Waals surface area contributed by atoms with Gasteiger partial charge in [0.05, 0.1) is 4.92 Å². The van der Waals surface area contributed by atoms with Crippen LogP contribution in [0.5, 0.6) is 0 Å². The second kappa shape index (κ2) is 6.17. The molecule has 0 radical (unpaired) electrons. The lowest BCUT2D eigenvalue weighted by Crippen LogP contribution is -2.40. The predicted molar refractivity (Wildman–Crippen MR) is 89.7 cm³/mol. The van der Waals surface area contributed by atoms with Gasteiger partial charge in [0.2, 0.25) is 17.6 Å². The van der Waals surface area contributed by atoms with E-state index in [1.54, 1.807) is 0 Å². The topological polar surface area (TPSA) is 101 Å². The molecule has 2 aliphatic heterocycles. The fourth-order valence-electron chi connectivity index (χ4n) is 3.74. The maximum absolute atomic E-state index is 11.4. The number of anilines is 3. The molecule has 1 aromatic heterocycles. The maximum Gasteiger partial charge on any atom is 0.353 e. The third-order valence-corrected chi connectivity index (χ3v) is 4.62. The first-order chi connectivity index (χ1) is 11.0. The average Bonchev–Trinajstić information content (AvgIpc) is 2.98. The van der Waals surface area contributed by atoms with E-state index in [4.69, 9.17) is 5.73 Å². The van der Waals surface area contributed by atoms with Gasteiger partial charge in [0.1, 0.15) is 0 Å². The largest absolute Gasteiger partial charge is 0.378 e. The third-order valence-electron chi connectivity index (χ3n) is 4.62. The molecular weight excluding hydrogens is 296 g/mol. The van der Waals surface area contributed by atoms with Crippen molar-refractivity contribution < 1.29 is 4.92 Å². The highest BCUT2D eigenvalue weighted by Crippen LogP contribution is 2.35. The van der Waals surface area contributed by atoms with Gasteiger partial charge in [-0.05, 0) is 31.1 Å². The van der Waals surface area contributed by atoms with E-state index in [1.807, 2.05) is 4.90 Å². The van der Waals surface area contributed by atoms with E-state index < -0.39 is 4.92 Å². The number of hydrogen-bond donors (Lipinski definition) is 1. The van der Waals surface area contributed by atoms with Crippen LogP contribution in [-0.4, -0.2) is 41.1 Å². The van der Waals surface area contributed by atoms with E-state index in [2.05, 4.69) is 28.7 Å². The molecule has 1 aromatic rings. The summed E-state index contributed by atoms with van der Waals surface area (Å²) in [6.45, 7) is 7.70. The van der Waals surface area contributed by atoms with Crippen molar-refractivity contribution in [2.75, 3.05) is 41.7 Å². The molecule has 0 aliphatic carbocycles. The second-order valence-electron chi connectivity index (χ2n) is 6.88. The summed E-state index contributed by atoms with van der Waals surface area (Å²) in [6.07, 6.45) is 3.22. The van der Waals surface area contributed by atoms with Crippen LogP contribution in [0.4, 0.5) is 23.3 Å². The minimum atomic E-state index is -0.464. The van der Waals surface area contributed by atoms with Crippen LogP contribution in [0.25, 0.3) is 0 Å². The molecule has 2 saturated heterocycles. The Balaban J connectivity index is 2.00. The number of nitro groups is 1. The Morgan fingerprint density at radius 1 is 1.13 bits per heavy atom. The van der Waals surface area contributed by atoms with Crippen molar-refractivity contribution in [3.63, 3.8) is 0 Å². The molecule has 3 rings (SSSR count). The highest BCUT2D eigenvalue weighted by atomic mass is 16.6. The molecule has 3 heterocycles. The standard InChI is InChI=1S/C15H24N6O2/c1-10-7-11(2)9-20(8-10)15-17-13(16)12(21(22)23)14(18-15)19-5-3-4-6-19/h10-11H,3-9H2,1-2H3,(H2,16,17,18). The molecule has 0 amide bonds. The van der Waals surface area contributed by atoms with E-state index in [0.717, 1.165) is 39.0 Å². The van der Waals surface area contributed by atoms with Gasteiger partial charge in [0, 0.05) is 26.2 Å². The molecule has 0 bridgehead atoms. The molecule has 0 spiro atoms. The van der Waals surface area contributed by atoms with Crippen LogP contribution < -0.4 is 15.5 Å². The molecule has 8 heteroatoms. The molecule has 8 nitrogen and oxygen atoms in total. The smallest absolute Gasteiger partial charge is 0.353 e. The van der Waals surface area contributed by atoms with E-state index in [-0.39, 0.29) is 11.5 Å². The molecule has 2 atom stereocenters. The summed E-state index contributed by atoms with van der Waals surface area (Å²) < 4.78 is 0. The lowest BCUT2D eigenvalue weighted by molar-refractivity contribution is -0.383. The highest BCUT2D eigenvalue weighted by Gasteiger charge is 2.31.